The van der Waals surface area contributed by atoms with Crippen molar-refractivity contribution in [1.82, 2.24) is 10.2 Å². The van der Waals surface area contributed by atoms with E-state index in [9.17, 15) is 0 Å². The summed E-state index contributed by atoms with van der Waals surface area (Å²) >= 11 is 3.50. The zero-order valence-electron chi connectivity index (χ0n) is 12.7. The fraction of sp³-hybridized carbons (Fsp3) is 0.647. The van der Waals surface area contributed by atoms with Crippen molar-refractivity contribution in [3.63, 3.8) is 0 Å². The molecule has 112 valence electrons. The van der Waals surface area contributed by atoms with Crippen LogP contribution >= 0.6 is 15.9 Å². The van der Waals surface area contributed by atoms with Gasteiger partial charge in [0.1, 0.15) is 0 Å². The smallest absolute Gasteiger partial charge is 0.0294 e. The Morgan fingerprint density at radius 3 is 2.70 bits per heavy atom. The second-order valence-electron chi connectivity index (χ2n) is 5.91. The van der Waals surface area contributed by atoms with Gasteiger partial charge in [-0.2, -0.15) is 0 Å². The van der Waals surface area contributed by atoms with Crippen LogP contribution in [-0.4, -0.2) is 30.6 Å². The average molecular weight is 339 g/mol. The number of likely N-dealkylation sites (tertiary alicyclic amines) is 1. The molecule has 0 radical (unpaired) electrons. The van der Waals surface area contributed by atoms with E-state index in [-0.39, 0.29) is 0 Å². The molecule has 0 saturated carbocycles. The second-order valence-corrected chi connectivity index (χ2v) is 6.83. The van der Waals surface area contributed by atoms with Crippen LogP contribution in [0, 0.1) is 0 Å². The normalized spacial score (nSPS) is 22.4. The van der Waals surface area contributed by atoms with Crippen LogP contribution in [0.5, 0.6) is 0 Å². The lowest BCUT2D eigenvalue weighted by atomic mass is 10.0. The Balaban J connectivity index is 1.85. The van der Waals surface area contributed by atoms with Crippen molar-refractivity contribution in [2.24, 2.45) is 0 Å². The minimum Gasteiger partial charge on any atom is -0.307 e. The number of nitrogens with zero attached hydrogens (tertiary/aromatic N) is 1. The van der Waals surface area contributed by atoms with Crippen LogP contribution in [-0.2, 0) is 0 Å². The number of benzene rings is 1. The van der Waals surface area contributed by atoms with Crippen LogP contribution in [0.15, 0.2) is 28.7 Å². The van der Waals surface area contributed by atoms with Crippen LogP contribution < -0.4 is 5.32 Å². The topological polar surface area (TPSA) is 15.3 Å². The molecule has 20 heavy (non-hydrogen) atoms. The van der Waals surface area contributed by atoms with Crippen LogP contribution in [0.1, 0.15) is 51.1 Å². The van der Waals surface area contributed by atoms with Crippen LogP contribution in [0.2, 0.25) is 0 Å². The highest BCUT2D eigenvalue weighted by Crippen LogP contribution is 2.19. The molecule has 3 heteroatoms. The molecule has 1 aliphatic rings. The van der Waals surface area contributed by atoms with Gasteiger partial charge in [0, 0.05) is 16.6 Å². The molecule has 0 amide bonds. The van der Waals surface area contributed by atoms with E-state index < -0.39 is 0 Å². The zero-order valence-corrected chi connectivity index (χ0v) is 14.3. The van der Waals surface area contributed by atoms with E-state index in [4.69, 9.17) is 0 Å². The van der Waals surface area contributed by atoms with Gasteiger partial charge >= 0.3 is 0 Å². The van der Waals surface area contributed by atoms with Crippen LogP contribution in [0.25, 0.3) is 0 Å². The fourth-order valence-electron chi connectivity index (χ4n) is 3.06. The van der Waals surface area contributed by atoms with Crippen molar-refractivity contribution in [1.29, 1.82) is 0 Å². The molecule has 0 aliphatic carbocycles. The number of rotatable bonds is 5. The van der Waals surface area contributed by atoms with E-state index in [1.807, 2.05) is 0 Å². The predicted molar refractivity (Wildman–Crippen MR) is 90.1 cm³/mol. The lowest BCUT2D eigenvalue weighted by Gasteiger charge is -2.23. The maximum absolute atomic E-state index is 3.82. The Bertz CT molecular complexity index is 390. The van der Waals surface area contributed by atoms with Crippen molar-refractivity contribution >= 4 is 15.9 Å². The van der Waals surface area contributed by atoms with Gasteiger partial charge in [0.25, 0.3) is 0 Å². The summed E-state index contributed by atoms with van der Waals surface area (Å²) in [5.74, 6) is 0. The maximum atomic E-state index is 3.82. The third-order valence-electron chi connectivity index (χ3n) is 4.22. The molecule has 1 fully saturated rings. The Hall–Kier alpha value is -0.380. The summed E-state index contributed by atoms with van der Waals surface area (Å²) in [4.78, 5) is 2.62. The lowest BCUT2D eigenvalue weighted by molar-refractivity contribution is 0.281. The molecule has 0 bridgehead atoms. The molecular formula is C17H27BrN2. The Morgan fingerprint density at radius 2 is 2.00 bits per heavy atom. The summed E-state index contributed by atoms with van der Waals surface area (Å²) in [5, 5.41) is 3.82. The van der Waals surface area contributed by atoms with Crippen molar-refractivity contribution in [3.05, 3.63) is 34.3 Å². The summed E-state index contributed by atoms with van der Waals surface area (Å²) in [6.45, 7) is 8.33. The Morgan fingerprint density at radius 1 is 1.25 bits per heavy atom. The van der Waals surface area contributed by atoms with Crippen molar-refractivity contribution in [2.45, 2.75) is 51.6 Å². The van der Waals surface area contributed by atoms with Crippen LogP contribution in [0.3, 0.4) is 0 Å². The second kappa shape index (κ2) is 8.16. The highest BCUT2D eigenvalue weighted by Gasteiger charge is 2.18. The number of nitrogens with one attached hydrogen (secondary N) is 1. The summed E-state index contributed by atoms with van der Waals surface area (Å²) in [6.07, 6.45) is 5.18. The first-order valence-electron chi connectivity index (χ1n) is 7.93. The summed E-state index contributed by atoms with van der Waals surface area (Å²) in [6, 6.07) is 9.78. The SMILES string of the molecule is CCCN1CCCC(NC(C)c2ccc(Br)cc2)CC1. The Kier molecular flexibility index (Phi) is 6.53. The van der Waals surface area contributed by atoms with E-state index in [2.05, 4.69) is 64.3 Å². The van der Waals surface area contributed by atoms with Gasteiger partial charge < -0.3 is 10.2 Å². The van der Waals surface area contributed by atoms with E-state index in [0.29, 0.717) is 12.1 Å². The first-order chi connectivity index (χ1) is 9.69. The van der Waals surface area contributed by atoms with Gasteiger partial charge in [-0.15, -0.1) is 0 Å². The van der Waals surface area contributed by atoms with Crippen molar-refractivity contribution in [3.8, 4) is 0 Å². The average Bonchev–Trinajstić information content (AvgIpc) is 2.66. The number of hydrogen-bond donors (Lipinski definition) is 1. The third kappa shape index (κ3) is 4.87. The van der Waals surface area contributed by atoms with Crippen LogP contribution in [0.4, 0.5) is 0 Å². The van der Waals surface area contributed by atoms with Gasteiger partial charge in [0.15, 0.2) is 0 Å². The largest absolute Gasteiger partial charge is 0.307 e. The van der Waals surface area contributed by atoms with Gasteiger partial charge in [0.05, 0.1) is 0 Å². The van der Waals surface area contributed by atoms with Gasteiger partial charge in [-0.1, -0.05) is 35.0 Å². The standard InChI is InChI=1S/C17H27BrN2/c1-3-11-20-12-4-5-17(10-13-20)19-14(2)15-6-8-16(18)9-7-15/h6-9,14,17,19H,3-5,10-13H2,1-2H3. The molecule has 1 aliphatic heterocycles. The number of halogens is 1. The molecule has 1 aromatic rings. The van der Waals surface area contributed by atoms with Gasteiger partial charge in [-0.25, -0.2) is 0 Å². The van der Waals surface area contributed by atoms with E-state index in [0.717, 1.165) is 4.47 Å². The summed E-state index contributed by atoms with van der Waals surface area (Å²) in [7, 11) is 0. The molecule has 2 atom stereocenters. The minimum absolute atomic E-state index is 0.436. The molecular weight excluding hydrogens is 312 g/mol. The van der Waals surface area contributed by atoms with E-state index in [1.165, 1.54) is 50.9 Å². The van der Waals surface area contributed by atoms with E-state index in [1.54, 1.807) is 0 Å². The molecule has 1 saturated heterocycles. The van der Waals surface area contributed by atoms with Gasteiger partial charge in [-0.3, -0.25) is 0 Å². The molecule has 1 heterocycles. The molecule has 0 aromatic heterocycles. The van der Waals surface area contributed by atoms with Gasteiger partial charge in [-0.05, 0) is 69.9 Å². The van der Waals surface area contributed by atoms with Gasteiger partial charge in [0.2, 0.25) is 0 Å². The van der Waals surface area contributed by atoms with E-state index >= 15 is 0 Å². The van der Waals surface area contributed by atoms with Crippen molar-refractivity contribution < 1.29 is 0 Å². The predicted octanol–water partition coefficient (Wildman–Crippen LogP) is 4.36. The molecule has 2 nitrogen and oxygen atoms in total. The zero-order chi connectivity index (χ0) is 14.4. The molecule has 0 spiro atoms. The highest BCUT2D eigenvalue weighted by molar-refractivity contribution is 9.10. The highest BCUT2D eigenvalue weighted by atomic mass is 79.9. The maximum Gasteiger partial charge on any atom is 0.0294 e. The van der Waals surface area contributed by atoms with Crippen molar-refractivity contribution in [2.75, 3.05) is 19.6 Å². The summed E-state index contributed by atoms with van der Waals surface area (Å²) < 4.78 is 1.15. The quantitative estimate of drug-likeness (QED) is 0.857. The first kappa shape index (κ1) is 16.0. The molecule has 1 aromatic carbocycles. The lowest BCUT2D eigenvalue weighted by Crippen LogP contribution is -2.33. The summed E-state index contributed by atoms with van der Waals surface area (Å²) in [5.41, 5.74) is 1.38. The third-order valence-corrected chi connectivity index (χ3v) is 4.74. The Labute approximate surface area is 132 Å². The monoisotopic (exact) mass is 338 g/mol. The fourth-order valence-corrected chi connectivity index (χ4v) is 3.33. The molecule has 2 unspecified atom stereocenters. The number of hydrogen-bond acceptors (Lipinski definition) is 2. The molecule has 2 rings (SSSR count). The minimum atomic E-state index is 0.436. The first-order valence-corrected chi connectivity index (χ1v) is 8.72. The molecule has 1 N–H and O–H groups in total.